The number of hydrogen-bond donors (Lipinski definition) is 1. The Morgan fingerprint density at radius 2 is 1.77 bits per heavy atom. The van der Waals surface area contributed by atoms with Gasteiger partial charge in [0.05, 0.1) is 5.60 Å². The topological polar surface area (TPSA) is 35.2 Å². The van der Waals surface area contributed by atoms with Gasteiger partial charge in [0.15, 0.2) is 0 Å². The predicted molar refractivity (Wildman–Crippen MR) is 44.4 cm³/mol. The van der Waals surface area contributed by atoms with Gasteiger partial charge in [-0.3, -0.25) is 0 Å². The van der Waals surface area contributed by atoms with Crippen molar-refractivity contribution in [3.63, 3.8) is 0 Å². The van der Waals surface area contributed by atoms with Gasteiger partial charge in [-0.15, -0.1) is 0 Å². The zero-order valence-corrected chi connectivity index (χ0v) is 7.95. The summed E-state index contributed by atoms with van der Waals surface area (Å²) in [6.45, 7) is 3.91. The highest BCUT2D eigenvalue weighted by molar-refractivity contribution is 4.68. The lowest BCUT2D eigenvalue weighted by atomic mass is 10.1. The van der Waals surface area contributed by atoms with Crippen molar-refractivity contribution in [3.8, 4) is 0 Å². The number of rotatable bonds is 5. The number of alkyl halides is 3. The predicted octanol–water partition coefficient (Wildman–Crippen LogP) is 2.08. The summed E-state index contributed by atoms with van der Waals surface area (Å²) in [5.41, 5.74) is 4.80. The van der Waals surface area contributed by atoms with Gasteiger partial charge in [0.2, 0.25) is 0 Å². The lowest BCUT2D eigenvalue weighted by Crippen LogP contribution is -2.34. The van der Waals surface area contributed by atoms with Crippen LogP contribution >= 0.6 is 0 Å². The van der Waals surface area contributed by atoms with Crippen LogP contribution in [0.25, 0.3) is 0 Å². The van der Waals surface area contributed by atoms with Gasteiger partial charge in [0, 0.05) is 19.6 Å². The van der Waals surface area contributed by atoms with Crippen LogP contribution in [0.3, 0.4) is 0 Å². The van der Waals surface area contributed by atoms with Gasteiger partial charge in [-0.05, 0) is 20.3 Å². The molecule has 0 radical (unpaired) electrons. The van der Waals surface area contributed by atoms with Crippen molar-refractivity contribution < 1.29 is 17.9 Å². The highest BCUT2D eigenvalue weighted by Gasteiger charge is 2.26. The zero-order chi connectivity index (χ0) is 10.5. The monoisotopic (exact) mass is 199 g/mol. The maximum Gasteiger partial charge on any atom is 0.389 e. The molecule has 5 heteroatoms. The molecule has 0 aliphatic heterocycles. The largest absolute Gasteiger partial charge is 0.389 e. The minimum atomic E-state index is -4.09. The van der Waals surface area contributed by atoms with Crippen LogP contribution in [0.15, 0.2) is 0 Å². The van der Waals surface area contributed by atoms with Gasteiger partial charge in [-0.2, -0.15) is 13.2 Å². The molecule has 0 aliphatic carbocycles. The highest BCUT2D eigenvalue weighted by Crippen LogP contribution is 2.21. The van der Waals surface area contributed by atoms with Crippen LogP contribution in [0, 0.1) is 0 Å². The molecule has 80 valence electrons. The maximum atomic E-state index is 11.7. The van der Waals surface area contributed by atoms with Crippen molar-refractivity contribution in [1.82, 2.24) is 0 Å². The van der Waals surface area contributed by atoms with E-state index in [-0.39, 0.29) is 13.0 Å². The number of halogens is 3. The molecule has 0 fully saturated rings. The first kappa shape index (κ1) is 12.7. The first-order valence-corrected chi connectivity index (χ1v) is 4.18. The summed E-state index contributed by atoms with van der Waals surface area (Å²) in [5, 5.41) is 0. The molecule has 0 aromatic heterocycles. The first-order valence-electron chi connectivity index (χ1n) is 4.18. The van der Waals surface area contributed by atoms with Crippen LogP contribution < -0.4 is 5.73 Å². The minimum absolute atomic E-state index is 0.00701. The van der Waals surface area contributed by atoms with Gasteiger partial charge >= 0.3 is 6.18 Å². The average Bonchev–Trinajstić information content (AvgIpc) is 1.97. The van der Waals surface area contributed by atoms with Crippen molar-refractivity contribution in [3.05, 3.63) is 0 Å². The summed E-state index contributed by atoms with van der Waals surface area (Å²) in [4.78, 5) is 0. The summed E-state index contributed by atoms with van der Waals surface area (Å²) >= 11 is 0. The molecule has 0 unspecified atom stereocenters. The third-order valence-electron chi connectivity index (χ3n) is 1.59. The lowest BCUT2D eigenvalue weighted by Gasteiger charge is -2.23. The quantitative estimate of drug-likeness (QED) is 0.688. The molecule has 0 aromatic carbocycles. The van der Waals surface area contributed by atoms with Crippen LogP contribution in [0.1, 0.15) is 26.7 Å². The van der Waals surface area contributed by atoms with Gasteiger partial charge in [0.25, 0.3) is 0 Å². The molecular formula is C8H16F3NO. The molecule has 0 aliphatic rings. The Balaban J connectivity index is 3.47. The fourth-order valence-corrected chi connectivity index (χ4v) is 0.680. The van der Waals surface area contributed by atoms with Crippen LogP contribution in [0.2, 0.25) is 0 Å². The fourth-order valence-electron chi connectivity index (χ4n) is 0.680. The van der Waals surface area contributed by atoms with Gasteiger partial charge in [0.1, 0.15) is 0 Å². The van der Waals surface area contributed by atoms with Crippen molar-refractivity contribution in [1.29, 1.82) is 0 Å². The second kappa shape index (κ2) is 4.81. The standard InChI is InChI=1S/C8H16F3NO/c1-7(2,6-12)13-5-3-4-8(9,10)11/h3-6,12H2,1-2H3. The summed E-state index contributed by atoms with van der Waals surface area (Å²) in [7, 11) is 0. The second-order valence-electron chi connectivity index (χ2n) is 3.53. The molecule has 0 amide bonds. The van der Waals surface area contributed by atoms with E-state index in [0.717, 1.165) is 0 Å². The number of nitrogens with two attached hydrogens (primary N) is 1. The smallest absolute Gasteiger partial charge is 0.374 e. The highest BCUT2D eigenvalue weighted by atomic mass is 19.4. The Morgan fingerprint density at radius 1 is 1.23 bits per heavy atom. The third kappa shape index (κ3) is 8.05. The average molecular weight is 199 g/mol. The fraction of sp³-hybridized carbons (Fsp3) is 1.00. The molecule has 0 saturated heterocycles. The molecule has 0 spiro atoms. The van der Waals surface area contributed by atoms with E-state index in [2.05, 4.69) is 0 Å². The Kier molecular flexibility index (Phi) is 4.70. The van der Waals surface area contributed by atoms with Crippen molar-refractivity contribution in [2.75, 3.05) is 13.2 Å². The Bertz CT molecular complexity index is 145. The Hall–Kier alpha value is -0.290. The van der Waals surface area contributed by atoms with Crippen molar-refractivity contribution >= 4 is 0 Å². The SMILES string of the molecule is CC(C)(CN)OCCCC(F)(F)F. The molecule has 0 saturated carbocycles. The van der Waals surface area contributed by atoms with Crippen LogP contribution in [0.4, 0.5) is 13.2 Å². The molecule has 2 N–H and O–H groups in total. The third-order valence-corrected chi connectivity index (χ3v) is 1.59. The van der Waals surface area contributed by atoms with E-state index in [1.54, 1.807) is 13.8 Å². The van der Waals surface area contributed by atoms with Crippen LogP contribution in [-0.4, -0.2) is 24.9 Å². The van der Waals surface area contributed by atoms with E-state index in [1.165, 1.54) is 0 Å². The Labute approximate surface area is 76.2 Å². The van der Waals surface area contributed by atoms with Crippen molar-refractivity contribution in [2.24, 2.45) is 5.73 Å². The summed E-state index contributed by atoms with van der Waals surface area (Å²) < 4.78 is 40.2. The van der Waals surface area contributed by atoms with Gasteiger partial charge in [-0.1, -0.05) is 0 Å². The van der Waals surface area contributed by atoms with Gasteiger partial charge in [-0.25, -0.2) is 0 Å². The molecule has 13 heavy (non-hydrogen) atoms. The van der Waals surface area contributed by atoms with E-state index < -0.39 is 18.2 Å². The summed E-state index contributed by atoms with van der Waals surface area (Å²) in [6.07, 6.45) is -4.89. The van der Waals surface area contributed by atoms with Crippen LogP contribution in [-0.2, 0) is 4.74 Å². The summed E-state index contributed by atoms with van der Waals surface area (Å²) in [5.74, 6) is 0. The molecule has 0 rings (SSSR count). The van der Waals surface area contributed by atoms with E-state index in [1.807, 2.05) is 0 Å². The second-order valence-corrected chi connectivity index (χ2v) is 3.53. The van der Waals surface area contributed by atoms with E-state index >= 15 is 0 Å². The van der Waals surface area contributed by atoms with Crippen molar-refractivity contribution in [2.45, 2.75) is 38.5 Å². The van der Waals surface area contributed by atoms with E-state index in [4.69, 9.17) is 10.5 Å². The molecule has 0 atom stereocenters. The summed E-state index contributed by atoms with van der Waals surface area (Å²) in [6, 6.07) is 0. The molecule has 0 heterocycles. The molecule has 2 nitrogen and oxygen atoms in total. The van der Waals surface area contributed by atoms with E-state index in [9.17, 15) is 13.2 Å². The zero-order valence-electron chi connectivity index (χ0n) is 7.95. The first-order chi connectivity index (χ1) is 5.77. The molecule has 0 bridgehead atoms. The Morgan fingerprint density at radius 3 is 2.15 bits per heavy atom. The van der Waals surface area contributed by atoms with E-state index in [0.29, 0.717) is 6.54 Å². The molecule has 0 aromatic rings. The number of hydrogen-bond acceptors (Lipinski definition) is 2. The van der Waals surface area contributed by atoms with Crippen LogP contribution in [0.5, 0.6) is 0 Å². The maximum absolute atomic E-state index is 11.7. The molecular weight excluding hydrogens is 183 g/mol. The number of ether oxygens (including phenoxy) is 1. The normalized spacial score (nSPS) is 13.4. The lowest BCUT2D eigenvalue weighted by molar-refractivity contribution is -0.140. The van der Waals surface area contributed by atoms with Gasteiger partial charge < -0.3 is 10.5 Å². The minimum Gasteiger partial charge on any atom is -0.374 e.